The minimum Gasteiger partial charge on any atom is -0.549 e. The number of rotatable bonds is 2. The molecular formula is C6H11N3O5. The standard InChI is InChI=1S/C6H11N3O5/c1-8-4(12)7-5(13)9(6(8)14)2-3(10)11/h5-6,13-14H,2H2,1H3,(H,7,12)(H,10,11). The lowest BCUT2D eigenvalue weighted by Gasteiger charge is -2.41. The normalized spacial score (nSPS) is 28.8. The fraction of sp³-hybridized carbons (Fsp3) is 0.667. The summed E-state index contributed by atoms with van der Waals surface area (Å²) < 4.78 is 0. The number of aliphatic carboxylic acids is 1. The molecule has 1 rings (SSSR count). The Kier molecular flexibility index (Phi) is 2.89. The Balaban J connectivity index is 0.00000196. The molecule has 14 heavy (non-hydrogen) atoms. The zero-order chi connectivity index (χ0) is 10.9. The highest BCUT2D eigenvalue weighted by Gasteiger charge is 2.35. The molecule has 1 heterocycles. The average Bonchev–Trinajstić information content (AvgIpc) is 2.09. The number of carboxylic acids is 1. The molecule has 80 valence electrons. The van der Waals surface area contributed by atoms with E-state index in [2.05, 4.69) is 0 Å². The van der Waals surface area contributed by atoms with Crippen molar-refractivity contribution in [3.63, 3.8) is 0 Å². The molecule has 8 heteroatoms. The Morgan fingerprint density at radius 1 is 1.71 bits per heavy atom. The molecule has 0 aliphatic carbocycles. The number of carbonyl (C=O) groups excluding carboxylic acids is 2. The van der Waals surface area contributed by atoms with Gasteiger partial charge in [-0.2, -0.15) is 0 Å². The summed E-state index contributed by atoms with van der Waals surface area (Å²) in [7, 11) is 1.26. The highest BCUT2D eigenvalue weighted by molar-refractivity contribution is 5.75. The summed E-state index contributed by atoms with van der Waals surface area (Å²) in [4.78, 5) is 22.8. The van der Waals surface area contributed by atoms with E-state index in [0.717, 1.165) is 9.80 Å². The van der Waals surface area contributed by atoms with Gasteiger partial charge in [-0.1, -0.05) is 0 Å². The largest absolute Gasteiger partial charge is 1.00 e. The first-order chi connectivity index (χ1) is 6.43. The summed E-state index contributed by atoms with van der Waals surface area (Å²) in [6, 6.07) is -0.695. The summed E-state index contributed by atoms with van der Waals surface area (Å²) >= 11 is 0. The predicted molar refractivity (Wildman–Crippen MR) is 41.1 cm³/mol. The summed E-state index contributed by atoms with van der Waals surface area (Å²) in [5.41, 5.74) is 0. The zero-order valence-electron chi connectivity index (χ0n) is 8.38. The summed E-state index contributed by atoms with van der Waals surface area (Å²) in [5.74, 6) is -1.47. The zero-order valence-corrected chi connectivity index (χ0v) is 7.38. The molecule has 0 radical (unpaired) electrons. The van der Waals surface area contributed by atoms with Crippen LogP contribution in [0.4, 0.5) is 4.79 Å². The number of amides is 2. The number of urea groups is 1. The Labute approximate surface area is 80.8 Å². The van der Waals surface area contributed by atoms with Gasteiger partial charge in [-0.25, -0.2) is 9.69 Å². The van der Waals surface area contributed by atoms with Crippen LogP contribution in [0.25, 0.3) is 0 Å². The smallest absolute Gasteiger partial charge is 0.549 e. The molecule has 3 N–H and O–H groups in total. The highest BCUT2D eigenvalue weighted by atomic mass is 16.4. The Bertz CT molecular complexity index is 263. The third-order valence-electron chi connectivity index (χ3n) is 1.84. The summed E-state index contributed by atoms with van der Waals surface area (Å²) in [5, 5.41) is 30.8. The molecule has 0 aromatic heterocycles. The van der Waals surface area contributed by atoms with E-state index in [9.17, 15) is 24.9 Å². The molecule has 2 atom stereocenters. The van der Waals surface area contributed by atoms with Gasteiger partial charge in [0.1, 0.15) is 0 Å². The van der Waals surface area contributed by atoms with Crippen molar-refractivity contribution in [2.75, 3.05) is 13.6 Å². The Morgan fingerprint density at radius 2 is 2.29 bits per heavy atom. The number of carbonyl (C=O) groups is 2. The van der Waals surface area contributed by atoms with Crippen molar-refractivity contribution in [2.24, 2.45) is 0 Å². The van der Waals surface area contributed by atoms with Gasteiger partial charge >= 0.3 is 7.46 Å². The van der Waals surface area contributed by atoms with Gasteiger partial charge in [0.05, 0.1) is 5.97 Å². The quantitative estimate of drug-likeness (QED) is 0.428. The lowest BCUT2D eigenvalue weighted by atomic mass is 10.4. The van der Waals surface area contributed by atoms with Crippen LogP contribution in [0.2, 0.25) is 0 Å². The van der Waals surface area contributed by atoms with Crippen molar-refractivity contribution in [2.45, 2.75) is 12.7 Å². The molecule has 2 unspecified atom stereocenters. The molecule has 1 fully saturated rings. The van der Waals surface area contributed by atoms with Crippen molar-refractivity contribution in [3.05, 3.63) is 0 Å². The molecule has 1 aliphatic rings. The van der Waals surface area contributed by atoms with Crippen molar-refractivity contribution < 1.29 is 26.3 Å². The average molecular weight is 205 g/mol. The lowest BCUT2D eigenvalue weighted by Crippen LogP contribution is -2.67. The number of hydrogen-bond donors (Lipinski definition) is 3. The van der Waals surface area contributed by atoms with E-state index in [1.165, 1.54) is 7.05 Å². The molecule has 0 saturated carbocycles. The molecule has 0 aromatic rings. The van der Waals surface area contributed by atoms with Crippen LogP contribution in [0.3, 0.4) is 0 Å². The minimum absolute atomic E-state index is 0. The van der Waals surface area contributed by atoms with E-state index >= 15 is 0 Å². The topological polar surface area (TPSA) is 116 Å². The molecular weight excluding hydrogens is 194 g/mol. The maximum atomic E-state index is 11.0. The number of hydrogen-bond acceptors (Lipinski definition) is 6. The molecule has 1 saturated heterocycles. The van der Waals surface area contributed by atoms with Crippen LogP contribution in [-0.4, -0.2) is 58.3 Å². The van der Waals surface area contributed by atoms with Crippen LogP contribution in [0, 0.1) is 0 Å². The van der Waals surface area contributed by atoms with Crippen LogP contribution < -0.4 is 10.4 Å². The van der Waals surface area contributed by atoms with Gasteiger partial charge in [-0.15, -0.1) is 0 Å². The van der Waals surface area contributed by atoms with Gasteiger partial charge in [-0.05, 0) is 0 Å². The van der Waals surface area contributed by atoms with Gasteiger partial charge in [0, 0.05) is 13.6 Å². The fourth-order valence-electron chi connectivity index (χ4n) is 1.07. The number of aliphatic hydroxyl groups is 2. The molecule has 0 bridgehead atoms. The molecule has 0 spiro atoms. The van der Waals surface area contributed by atoms with Gasteiger partial charge in [-0.3, -0.25) is 10.2 Å². The van der Waals surface area contributed by atoms with E-state index < -0.39 is 31.2 Å². The van der Waals surface area contributed by atoms with Crippen LogP contribution >= 0.6 is 0 Å². The Hall–Kier alpha value is -1.38. The SMILES string of the molecule is CN1C(=O)NC(O)N(CC(=O)[O-])C1O.[H+]. The van der Waals surface area contributed by atoms with Gasteiger partial charge in [0.2, 0.25) is 0 Å². The molecule has 0 aromatic carbocycles. The van der Waals surface area contributed by atoms with Crippen LogP contribution in [0.5, 0.6) is 0 Å². The number of aliphatic hydroxyl groups excluding tert-OH is 2. The van der Waals surface area contributed by atoms with Crippen molar-refractivity contribution in [1.82, 2.24) is 15.1 Å². The summed E-state index contributed by atoms with van der Waals surface area (Å²) in [6.45, 7) is -0.688. The number of nitrogens with one attached hydrogen (secondary N) is 1. The van der Waals surface area contributed by atoms with E-state index in [4.69, 9.17) is 0 Å². The number of carboxylic acid groups (broad SMARTS) is 1. The fourth-order valence-corrected chi connectivity index (χ4v) is 1.07. The van der Waals surface area contributed by atoms with E-state index in [1.54, 1.807) is 0 Å². The first-order valence-electron chi connectivity index (χ1n) is 3.78. The van der Waals surface area contributed by atoms with E-state index in [0.29, 0.717) is 0 Å². The molecule has 1 aliphatic heterocycles. The molecule has 2 amide bonds. The van der Waals surface area contributed by atoms with Gasteiger partial charge in [0.15, 0.2) is 12.7 Å². The van der Waals surface area contributed by atoms with Crippen LogP contribution in [0.15, 0.2) is 0 Å². The maximum absolute atomic E-state index is 11.0. The first kappa shape index (κ1) is 10.7. The molecule has 8 nitrogen and oxygen atoms in total. The number of nitrogens with zero attached hydrogens (tertiary/aromatic N) is 2. The third-order valence-corrected chi connectivity index (χ3v) is 1.84. The summed E-state index contributed by atoms with van der Waals surface area (Å²) in [6.07, 6.45) is -3.02. The third kappa shape index (κ3) is 1.92. The van der Waals surface area contributed by atoms with Crippen LogP contribution in [-0.2, 0) is 4.79 Å². The van der Waals surface area contributed by atoms with Crippen molar-refractivity contribution >= 4 is 12.0 Å². The van der Waals surface area contributed by atoms with E-state index in [1.807, 2.05) is 5.32 Å². The second-order valence-electron chi connectivity index (χ2n) is 2.82. The van der Waals surface area contributed by atoms with Gasteiger partial charge in [0.25, 0.3) is 0 Å². The van der Waals surface area contributed by atoms with Crippen molar-refractivity contribution in [3.8, 4) is 0 Å². The van der Waals surface area contributed by atoms with Gasteiger partial charge < -0.3 is 20.1 Å². The Morgan fingerprint density at radius 3 is 2.79 bits per heavy atom. The first-order valence-corrected chi connectivity index (χ1v) is 3.78. The highest BCUT2D eigenvalue weighted by Crippen LogP contribution is 2.09. The lowest BCUT2D eigenvalue weighted by molar-refractivity contribution is -0.312. The predicted octanol–water partition coefficient (Wildman–Crippen LogP) is -3.64. The minimum atomic E-state index is -1.54. The van der Waals surface area contributed by atoms with Crippen LogP contribution in [0.1, 0.15) is 1.43 Å². The monoisotopic (exact) mass is 205 g/mol. The maximum Gasteiger partial charge on any atom is 1.00 e. The van der Waals surface area contributed by atoms with E-state index in [-0.39, 0.29) is 1.43 Å². The van der Waals surface area contributed by atoms with Crippen molar-refractivity contribution in [1.29, 1.82) is 0 Å². The second-order valence-corrected chi connectivity index (χ2v) is 2.82. The second kappa shape index (κ2) is 3.78.